The summed E-state index contributed by atoms with van der Waals surface area (Å²) in [7, 11) is 8.82. The van der Waals surface area contributed by atoms with Crippen LogP contribution >= 0.6 is 0 Å². The second kappa shape index (κ2) is 11.4. The number of nitrogens with zero attached hydrogens (tertiary/aromatic N) is 1. The first-order chi connectivity index (χ1) is 20.1. The Morgan fingerprint density at radius 1 is 0.707 bits per heavy atom. The molecule has 0 amide bonds. The molecular formula is C34H38N2O5+2. The zero-order chi connectivity index (χ0) is 28.5. The van der Waals surface area contributed by atoms with Gasteiger partial charge in [0.2, 0.25) is 5.52 Å². The molecule has 2 heterocycles. The van der Waals surface area contributed by atoms with Gasteiger partial charge >= 0.3 is 0 Å². The van der Waals surface area contributed by atoms with Gasteiger partial charge < -0.3 is 28.6 Å². The number of fused-ring (bicyclic) bond motifs is 5. The third-order valence-electron chi connectivity index (χ3n) is 8.40. The molecule has 0 unspecified atom stereocenters. The first kappa shape index (κ1) is 27.1. The Kier molecular flexibility index (Phi) is 7.56. The highest BCUT2D eigenvalue weighted by Gasteiger charge is 2.24. The van der Waals surface area contributed by atoms with Crippen LogP contribution in [-0.4, -0.2) is 61.3 Å². The van der Waals surface area contributed by atoms with E-state index in [9.17, 15) is 0 Å². The van der Waals surface area contributed by atoms with Gasteiger partial charge in [0.15, 0.2) is 29.2 Å². The maximum atomic E-state index is 5.98. The van der Waals surface area contributed by atoms with Gasteiger partial charge in [-0.05, 0) is 35.4 Å². The fraction of sp³-hybridized carbons (Fsp3) is 0.324. The van der Waals surface area contributed by atoms with Gasteiger partial charge in [0.05, 0.1) is 64.4 Å². The third kappa shape index (κ3) is 4.79. The molecule has 1 aliphatic rings. The Hall–Kier alpha value is -4.07. The van der Waals surface area contributed by atoms with Crippen molar-refractivity contribution in [2.24, 2.45) is 7.05 Å². The normalized spacial score (nSPS) is 14.1. The molecule has 4 aromatic carbocycles. The molecule has 0 spiro atoms. The minimum Gasteiger partial charge on any atom is -0.493 e. The predicted octanol–water partition coefficient (Wildman–Crippen LogP) is 4.13. The fourth-order valence-corrected chi connectivity index (χ4v) is 6.29. The number of hydrogen-bond acceptors (Lipinski definition) is 5. The van der Waals surface area contributed by atoms with Crippen LogP contribution in [0.25, 0.3) is 43.6 Å². The van der Waals surface area contributed by atoms with Crippen molar-refractivity contribution in [1.29, 1.82) is 0 Å². The van der Waals surface area contributed by atoms with Crippen molar-refractivity contribution in [2.45, 2.75) is 6.42 Å². The van der Waals surface area contributed by atoms with Crippen LogP contribution in [0.4, 0.5) is 0 Å². The van der Waals surface area contributed by atoms with E-state index in [-0.39, 0.29) is 0 Å². The highest BCUT2D eigenvalue weighted by molar-refractivity contribution is 6.18. The Bertz CT molecular complexity index is 1730. The number of aryl methyl sites for hydroxylation is 1. The topological polar surface area (TPSA) is 54.5 Å². The van der Waals surface area contributed by atoms with Crippen molar-refractivity contribution in [3.63, 3.8) is 0 Å². The van der Waals surface area contributed by atoms with E-state index in [1.165, 1.54) is 5.56 Å². The molecule has 0 saturated carbocycles. The summed E-state index contributed by atoms with van der Waals surface area (Å²) in [6.07, 6.45) is 3.16. The summed E-state index contributed by atoms with van der Waals surface area (Å²) in [5.41, 5.74) is 4.57. The average molecular weight is 555 g/mol. The molecule has 41 heavy (non-hydrogen) atoms. The van der Waals surface area contributed by atoms with Gasteiger partial charge in [-0.15, -0.1) is 0 Å². The summed E-state index contributed by atoms with van der Waals surface area (Å²) in [6, 6.07) is 19.5. The molecule has 1 saturated heterocycles. The average Bonchev–Trinajstić information content (AvgIpc) is 3.02. The number of methoxy groups -OCH3 is 4. The summed E-state index contributed by atoms with van der Waals surface area (Å²) in [5, 5.41) is 5.42. The zero-order valence-electron chi connectivity index (χ0n) is 24.5. The van der Waals surface area contributed by atoms with Gasteiger partial charge in [0.1, 0.15) is 20.1 Å². The van der Waals surface area contributed by atoms with E-state index in [1.54, 1.807) is 33.3 Å². The van der Waals surface area contributed by atoms with Gasteiger partial charge in [-0.2, -0.15) is 4.57 Å². The summed E-state index contributed by atoms with van der Waals surface area (Å²) in [6.45, 7) is 5.03. The summed E-state index contributed by atoms with van der Waals surface area (Å²) < 4.78 is 30.9. The van der Waals surface area contributed by atoms with Crippen LogP contribution in [0.15, 0.2) is 60.8 Å². The number of benzene rings is 4. The number of quaternary nitrogens is 1. The Morgan fingerprint density at radius 3 is 2.07 bits per heavy atom. The summed E-state index contributed by atoms with van der Waals surface area (Å²) >= 11 is 0. The summed E-state index contributed by atoms with van der Waals surface area (Å²) in [5.74, 6) is 2.88. The van der Waals surface area contributed by atoms with Crippen LogP contribution in [0.2, 0.25) is 0 Å². The minimum absolute atomic E-state index is 0.704. The highest BCUT2D eigenvalue weighted by atomic mass is 16.5. The molecule has 0 bridgehead atoms. The van der Waals surface area contributed by atoms with E-state index in [0.29, 0.717) is 11.5 Å². The number of hydrogen-bond donors (Lipinski definition) is 1. The van der Waals surface area contributed by atoms with Gasteiger partial charge in [0, 0.05) is 22.8 Å². The molecule has 1 fully saturated rings. The molecule has 212 valence electrons. The van der Waals surface area contributed by atoms with Crippen molar-refractivity contribution < 1.29 is 33.2 Å². The van der Waals surface area contributed by atoms with Crippen LogP contribution in [-0.2, 0) is 18.2 Å². The summed E-state index contributed by atoms with van der Waals surface area (Å²) in [4.78, 5) is 1.61. The van der Waals surface area contributed by atoms with E-state index in [2.05, 4.69) is 66.3 Å². The van der Waals surface area contributed by atoms with Crippen LogP contribution in [0.5, 0.6) is 23.0 Å². The van der Waals surface area contributed by atoms with Crippen molar-refractivity contribution in [3.8, 4) is 34.1 Å². The lowest BCUT2D eigenvalue weighted by Gasteiger charge is -2.23. The van der Waals surface area contributed by atoms with Crippen LogP contribution in [0.3, 0.4) is 0 Å². The second-order valence-corrected chi connectivity index (χ2v) is 10.6. The molecule has 1 aliphatic heterocycles. The maximum Gasteiger partial charge on any atom is 0.220 e. The molecule has 1 N–H and O–H groups in total. The number of nitrogens with one attached hydrogen (secondary N) is 1. The van der Waals surface area contributed by atoms with Crippen molar-refractivity contribution in [3.05, 3.63) is 66.4 Å². The first-order valence-corrected chi connectivity index (χ1v) is 14.1. The molecule has 0 radical (unpaired) electrons. The van der Waals surface area contributed by atoms with E-state index >= 15 is 0 Å². The molecule has 6 rings (SSSR count). The number of pyridine rings is 1. The van der Waals surface area contributed by atoms with Gasteiger partial charge in [-0.25, -0.2) is 0 Å². The molecule has 0 aliphatic carbocycles. The largest absolute Gasteiger partial charge is 0.493 e. The maximum absolute atomic E-state index is 5.98. The van der Waals surface area contributed by atoms with Crippen molar-refractivity contribution in [2.75, 3.05) is 61.3 Å². The molecule has 7 nitrogen and oxygen atoms in total. The molecule has 1 aromatic heterocycles. The smallest absolute Gasteiger partial charge is 0.220 e. The third-order valence-corrected chi connectivity index (χ3v) is 8.40. The van der Waals surface area contributed by atoms with E-state index in [0.717, 1.165) is 94.3 Å². The van der Waals surface area contributed by atoms with Crippen molar-refractivity contribution in [1.82, 2.24) is 0 Å². The highest BCUT2D eigenvalue weighted by Crippen LogP contribution is 2.46. The van der Waals surface area contributed by atoms with Crippen LogP contribution in [0, 0.1) is 0 Å². The lowest BCUT2D eigenvalue weighted by atomic mass is 9.93. The number of morpholine rings is 1. The van der Waals surface area contributed by atoms with E-state index in [4.69, 9.17) is 23.7 Å². The number of rotatable bonds is 8. The zero-order valence-corrected chi connectivity index (χ0v) is 24.5. The van der Waals surface area contributed by atoms with Crippen LogP contribution < -0.4 is 28.4 Å². The monoisotopic (exact) mass is 554 g/mol. The predicted molar refractivity (Wildman–Crippen MR) is 162 cm³/mol. The van der Waals surface area contributed by atoms with Gasteiger partial charge in [0.25, 0.3) is 0 Å². The van der Waals surface area contributed by atoms with Gasteiger partial charge in [-0.1, -0.05) is 30.3 Å². The van der Waals surface area contributed by atoms with Gasteiger partial charge in [-0.3, -0.25) is 0 Å². The number of aromatic nitrogens is 1. The van der Waals surface area contributed by atoms with Crippen LogP contribution in [0.1, 0.15) is 5.56 Å². The van der Waals surface area contributed by atoms with Crippen molar-refractivity contribution >= 4 is 32.4 Å². The lowest BCUT2D eigenvalue weighted by Crippen LogP contribution is -3.14. The molecule has 5 aromatic rings. The standard InChI is InChI=1S/C34H37N2O5/c1-35-21-28-24(12-13-29(37-2)33(28)39-4)26-11-10-25-27(32(26)35)20-30(38-3)34(40-5)31(25)23-8-6-22(7-9-23)14-15-36-16-18-41-19-17-36/h6-13,20-21H,14-19H2,1-5H3/q+1/p+1. The Labute approximate surface area is 240 Å². The Morgan fingerprint density at radius 2 is 1.39 bits per heavy atom. The minimum atomic E-state index is 0.704. The van der Waals surface area contributed by atoms with E-state index < -0.39 is 0 Å². The number of ether oxygens (including phenoxy) is 5. The molecule has 0 atom stereocenters. The lowest BCUT2D eigenvalue weighted by molar-refractivity contribution is -0.907. The first-order valence-electron chi connectivity index (χ1n) is 14.1. The SMILES string of the molecule is COc1cc2c(ccc3c4ccc(OC)c(OC)c4c[n+](C)c23)c(-c2ccc(CC[NH+]3CCOCC3)cc2)c1OC. The second-order valence-electron chi connectivity index (χ2n) is 10.6. The van der Waals surface area contributed by atoms with E-state index in [1.807, 2.05) is 6.07 Å². The quantitative estimate of drug-likeness (QED) is 0.231. The molecule has 7 heteroatoms. The fourth-order valence-electron chi connectivity index (χ4n) is 6.29. The molecular weight excluding hydrogens is 516 g/mol. The Balaban J connectivity index is 1.51.